The average molecular weight is 470 g/mol. The van der Waals surface area contributed by atoms with E-state index in [1.807, 2.05) is 37.4 Å². The summed E-state index contributed by atoms with van der Waals surface area (Å²) in [7, 11) is 2.02. The molecule has 7 nitrogen and oxygen atoms in total. The topological polar surface area (TPSA) is 67.6 Å². The number of hydrogen-bond acceptors (Lipinski definition) is 4. The molecule has 8 heteroatoms. The second kappa shape index (κ2) is 10.3. The second-order valence-electron chi connectivity index (χ2n) is 6.04. The van der Waals surface area contributed by atoms with E-state index in [0.717, 1.165) is 55.8 Å². The van der Waals surface area contributed by atoms with Crippen molar-refractivity contribution in [3.05, 3.63) is 42.0 Å². The molecule has 2 heterocycles. The molecule has 1 aromatic heterocycles. The Hall–Kier alpha value is -1.84. The van der Waals surface area contributed by atoms with Crippen LogP contribution in [-0.2, 0) is 19.5 Å². The van der Waals surface area contributed by atoms with Gasteiger partial charge in [0.15, 0.2) is 11.8 Å². The number of ether oxygens (including phenoxy) is 1. The fourth-order valence-corrected chi connectivity index (χ4v) is 2.87. The van der Waals surface area contributed by atoms with Crippen LogP contribution in [0, 0.1) is 0 Å². The number of guanidine groups is 1. The molecule has 0 radical (unpaired) electrons. The van der Waals surface area contributed by atoms with Crippen LogP contribution in [0.3, 0.4) is 0 Å². The highest BCUT2D eigenvalue weighted by Gasteiger charge is 2.17. The van der Waals surface area contributed by atoms with Gasteiger partial charge >= 0.3 is 0 Å². The average Bonchev–Trinajstić information content (AvgIpc) is 3.23. The van der Waals surface area contributed by atoms with Gasteiger partial charge in [0.05, 0.1) is 6.54 Å². The Kier molecular flexibility index (Phi) is 8.14. The Bertz CT molecular complexity index is 703. The maximum absolute atomic E-state index is 5.76. The highest BCUT2D eigenvalue weighted by atomic mass is 127. The lowest BCUT2D eigenvalue weighted by molar-refractivity contribution is 0.281. The first-order valence-electron chi connectivity index (χ1n) is 8.86. The zero-order chi connectivity index (χ0) is 17.5. The molecule has 0 aliphatic carbocycles. The SMILES string of the molecule is CCNC(=NCc1nnc2n1CCC2)N(C)CCOc1ccccc1.I. The maximum Gasteiger partial charge on any atom is 0.194 e. The second-order valence-corrected chi connectivity index (χ2v) is 6.04. The molecule has 1 aromatic carbocycles. The fourth-order valence-electron chi connectivity index (χ4n) is 2.87. The molecule has 0 spiro atoms. The Labute approximate surface area is 171 Å². The number of aromatic nitrogens is 3. The van der Waals surface area contributed by atoms with E-state index in [4.69, 9.17) is 9.73 Å². The van der Waals surface area contributed by atoms with Crippen molar-refractivity contribution in [2.24, 2.45) is 4.99 Å². The van der Waals surface area contributed by atoms with Crippen LogP contribution in [0.2, 0.25) is 0 Å². The lowest BCUT2D eigenvalue weighted by atomic mass is 10.3. The van der Waals surface area contributed by atoms with Crippen molar-refractivity contribution in [1.29, 1.82) is 0 Å². The zero-order valence-corrected chi connectivity index (χ0v) is 17.7. The third-order valence-corrected chi connectivity index (χ3v) is 4.19. The number of halogens is 1. The number of hydrogen-bond donors (Lipinski definition) is 1. The predicted molar refractivity (Wildman–Crippen MR) is 113 cm³/mol. The van der Waals surface area contributed by atoms with E-state index in [-0.39, 0.29) is 24.0 Å². The van der Waals surface area contributed by atoms with Crippen molar-refractivity contribution in [1.82, 2.24) is 25.0 Å². The quantitative estimate of drug-likeness (QED) is 0.382. The summed E-state index contributed by atoms with van der Waals surface area (Å²) < 4.78 is 7.95. The van der Waals surface area contributed by atoms with Gasteiger partial charge in [0.2, 0.25) is 0 Å². The van der Waals surface area contributed by atoms with Crippen LogP contribution in [0.4, 0.5) is 0 Å². The number of aryl methyl sites for hydroxylation is 1. The molecule has 0 fully saturated rings. The lowest BCUT2D eigenvalue weighted by Gasteiger charge is -2.22. The van der Waals surface area contributed by atoms with E-state index in [9.17, 15) is 0 Å². The van der Waals surface area contributed by atoms with E-state index in [2.05, 4.69) is 31.9 Å². The number of benzene rings is 1. The van der Waals surface area contributed by atoms with E-state index in [1.165, 1.54) is 0 Å². The Balaban J connectivity index is 0.00000243. The van der Waals surface area contributed by atoms with Crippen LogP contribution in [0.25, 0.3) is 0 Å². The largest absolute Gasteiger partial charge is 0.492 e. The van der Waals surface area contributed by atoms with Gasteiger partial charge in [-0.15, -0.1) is 34.2 Å². The molecular formula is C18H27IN6O. The molecule has 0 unspecified atom stereocenters. The number of nitrogens with zero attached hydrogens (tertiary/aromatic N) is 5. The number of para-hydroxylation sites is 1. The van der Waals surface area contributed by atoms with Gasteiger partial charge in [-0.25, -0.2) is 4.99 Å². The smallest absolute Gasteiger partial charge is 0.194 e. The van der Waals surface area contributed by atoms with E-state index in [0.29, 0.717) is 13.2 Å². The monoisotopic (exact) mass is 470 g/mol. The normalized spacial score (nSPS) is 13.1. The molecule has 0 amide bonds. The molecule has 142 valence electrons. The number of likely N-dealkylation sites (N-methyl/N-ethyl adjacent to an activating group) is 1. The van der Waals surface area contributed by atoms with Crippen molar-refractivity contribution in [2.45, 2.75) is 32.9 Å². The van der Waals surface area contributed by atoms with E-state index < -0.39 is 0 Å². The first-order chi connectivity index (χ1) is 12.3. The minimum Gasteiger partial charge on any atom is -0.492 e. The van der Waals surface area contributed by atoms with E-state index in [1.54, 1.807) is 0 Å². The fraction of sp³-hybridized carbons (Fsp3) is 0.500. The van der Waals surface area contributed by atoms with Crippen molar-refractivity contribution in [3.63, 3.8) is 0 Å². The molecule has 26 heavy (non-hydrogen) atoms. The van der Waals surface area contributed by atoms with Gasteiger partial charge in [0.1, 0.15) is 24.7 Å². The number of aliphatic imine (C=N–C) groups is 1. The number of nitrogens with one attached hydrogen (secondary N) is 1. The Morgan fingerprint density at radius 1 is 1.31 bits per heavy atom. The maximum atomic E-state index is 5.76. The minimum absolute atomic E-state index is 0. The molecule has 2 aromatic rings. The molecule has 0 saturated carbocycles. The summed E-state index contributed by atoms with van der Waals surface area (Å²) in [5.41, 5.74) is 0. The van der Waals surface area contributed by atoms with Gasteiger partial charge < -0.3 is 19.5 Å². The summed E-state index contributed by atoms with van der Waals surface area (Å²) in [6.07, 6.45) is 2.17. The van der Waals surface area contributed by atoms with Crippen molar-refractivity contribution >= 4 is 29.9 Å². The third kappa shape index (κ3) is 5.33. The van der Waals surface area contributed by atoms with Gasteiger partial charge in [-0.1, -0.05) is 18.2 Å². The Morgan fingerprint density at radius 3 is 2.88 bits per heavy atom. The lowest BCUT2D eigenvalue weighted by Crippen LogP contribution is -2.40. The summed E-state index contributed by atoms with van der Waals surface area (Å²) >= 11 is 0. The molecule has 0 atom stereocenters. The van der Waals surface area contributed by atoms with Gasteiger partial charge in [-0.2, -0.15) is 0 Å². The van der Waals surface area contributed by atoms with Gasteiger partial charge in [0.25, 0.3) is 0 Å². The number of fused-ring (bicyclic) bond motifs is 1. The molecule has 0 bridgehead atoms. The van der Waals surface area contributed by atoms with Gasteiger partial charge in [0, 0.05) is 26.6 Å². The van der Waals surface area contributed by atoms with Crippen molar-refractivity contribution < 1.29 is 4.74 Å². The molecule has 1 aliphatic rings. The standard InChI is InChI=1S/C18H26N6O.HI/c1-3-19-18(20-14-17-22-21-16-10-7-11-24(16)17)23(2)12-13-25-15-8-5-4-6-9-15;/h4-6,8-9H,3,7,10-14H2,1-2H3,(H,19,20);1H. The predicted octanol–water partition coefficient (Wildman–Crippen LogP) is 2.32. The van der Waals surface area contributed by atoms with Gasteiger partial charge in [-0.05, 0) is 25.5 Å². The number of rotatable bonds is 7. The first-order valence-corrected chi connectivity index (χ1v) is 8.86. The molecular weight excluding hydrogens is 443 g/mol. The van der Waals surface area contributed by atoms with E-state index >= 15 is 0 Å². The molecule has 0 saturated heterocycles. The summed E-state index contributed by atoms with van der Waals surface area (Å²) in [6.45, 7) is 5.78. The molecule has 1 N–H and O–H groups in total. The summed E-state index contributed by atoms with van der Waals surface area (Å²) in [6, 6.07) is 9.86. The van der Waals surface area contributed by atoms with Crippen LogP contribution < -0.4 is 10.1 Å². The zero-order valence-electron chi connectivity index (χ0n) is 15.4. The van der Waals surface area contributed by atoms with Crippen LogP contribution in [-0.4, -0.2) is 52.4 Å². The van der Waals surface area contributed by atoms with Crippen LogP contribution in [0.5, 0.6) is 5.75 Å². The summed E-state index contributed by atoms with van der Waals surface area (Å²) in [5.74, 6) is 3.77. The Morgan fingerprint density at radius 2 is 2.12 bits per heavy atom. The van der Waals surface area contributed by atoms with Gasteiger partial charge in [-0.3, -0.25) is 0 Å². The highest BCUT2D eigenvalue weighted by molar-refractivity contribution is 14.0. The first kappa shape index (κ1) is 20.5. The van der Waals surface area contributed by atoms with Crippen LogP contribution in [0.1, 0.15) is 25.0 Å². The minimum atomic E-state index is 0. The van der Waals surface area contributed by atoms with Crippen molar-refractivity contribution in [3.8, 4) is 5.75 Å². The third-order valence-electron chi connectivity index (χ3n) is 4.19. The van der Waals surface area contributed by atoms with Crippen LogP contribution >= 0.6 is 24.0 Å². The summed E-state index contributed by atoms with van der Waals surface area (Å²) in [5, 5.41) is 11.8. The summed E-state index contributed by atoms with van der Waals surface area (Å²) in [4.78, 5) is 6.79. The highest BCUT2D eigenvalue weighted by Crippen LogP contribution is 2.14. The van der Waals surface area contributed by atoms with Crippen molar-refractivity contribution in [2.75, 3.05) is 26.7 Å². The molecule has 3 rings (SSSR count). The molecule has 1 aliphatic heterocycles. The van der Waals surface area contributed by atoms with Crippen LogP contribution in [0.15, 0.2) is 35.3 Å².